The Labute approximate surface area is 138 Å². The molecule has 1 fully saturated rings. The normalized spacial score (nSPS) is 18.4. The van der Waals surface area contributed by atoms with Crippen LogP contribution in [0.15, 0.2) is 22.7 Å². The van der Waals surface area contributed by atoms with Gasteiger partial charge in [0.2, 0.25) is 0 Å². The molecule has 2 aromatic rings. The maximum atomic E-state index is 6.55. The maximum absolute atomic E-state index is 6.55. The number of benzene rings is 1. The molecule has 1 heterocycles. The Balaban J connectivity index is 1.94. The molecule has 0 unspecified atom stereocenters. The van der Waals surface area contributed by atoms with Crippen molar-refractivity contribution >= 4 is 22.6 Å². The number of nitrogens with zero attached hydrogens (tertiary/aromatic N) is 2. The third-order valence-corrected chi connectivity index (χ3v) is 5.72. The fourth-order valence-electron chi connectivity index (χ4n) is 2.93. The zero-order valence-electron chi connectivity index (χ0n) is 12.2. The van der Waals surface area contributed by atoms with Crippen LogP contribution in [0, 0.1) is 10.5 Å². The van der Waals surface area contributed by atoms with Gasteiger partial charge in [-0.05, 0) is 54.0 Å². The second-order valence-corrected chi connectivity index (χ2v) is 7.01. The highest BCUT2D eigenvalue weighted by Gasteiger charge is 2.33. The van der Waals surface area contributed by atoms with Crippen molar-refractivity contribution in [1.82, 2.24) is 10.1 Å². The second kappa shape index (κ2) is 6.04. The van der Waals surface area contributed by atoms with Gasteiger partial charge in [0.15, 0.2) is 5.82 Å². The molecule has 0 radical (unpaired) electrons. The highest BCUT2D eigenvalue weighted by atomic mass is 127. The smallest absolute Gasteiger partial charge is 0.259 e. The molecule has 5 heteroatoms. The minimum Gasteiger partial charge on any atom is -0.334 e. The fraction of sp³-hybridized carbons (Fsp3) is 0.500. The fourth-order valence-corrected chi connectivity index (χ4v) is 3.52. The summed E-state index contributed by atoms with van der Waals surface area (Å²) in [6.07, 6.45) is 6.66. The Morgan fingerprint density at radius 2 is 1.90 bits per heavy atom. The highest BCUT2D eigenvalue weighted by Crippen LogP contribution is 2.34. The van der Waals surface area contributed by atoms with Crippen LogP contribution in [-0.2, 0) is 5.54 Å². The third kappa shape index (κ3) is 2.99. The number of halogens is 1. The summed E-state index contributed by atoms with van der Waals surface area (Å²) < 4.78 is 6.65. The van der Waals surface area contributed by atoms with Crippen molar-refractivity contribution in [3.8, 4) is 11.5 Å². The van der Waals surface area contributed by atoms with Gasteiger partial charge in [-0.25, -0.2) is 0 Å². The Morgan fingerprint density at radius 1 is 1.19 bits per heavy atom. The standard InChI is InChI=1S/C16H20IN3O/c1-11-7-6-8-12(13(11)17)14-19-15(20-21-14)16(18)9-4-2-3-5-10-16/h6-8H,2-5,9-10,18H2,1H3. The molecule has 1 aliphatic rings. The van der Waals surface area contributed by atoms with Gasteiger partial charge < -0.3 is 10.3 Å². The van der Waals surface area contributed by atoms with Gasteiger partial charge in [0, 0.05) is 3.57 Å². The molecule has 0 amide bonds. The SMILES string of the molecule is Cc1cccc(-c2nc(C3(N)CCCCCC3)no2)c1I. The first-order chi connectivity index (χ1) is 10.1. The van der Waals surface area contributed by atoms with Crippen LogP contribution in [0.4, 0.5) is 0 Å². The summed E-state index contributed by atoms with van der Waals surface area (Å²) in [7, 11) is 0. The van der Waals surface area contributed by atoms with Crippen LogP contribution < -0.4 is 5.73 Å². The van der Waals surface area contributed by atoms with Gasteiger partial charge in [0.05, 0.1) is 11.1 Å². The van der Waals surface area contributed by atoms with Gasteiger partial charge in [-0.1, -0.05) is 43.0 Å². The second-order valence-electron chi connectivity index (χ2n) is 5.93. The lowest BCUT2D eigenvalue weighted by Gasteiger charge is -2.23. The maximum Gasteiger partial charge on any atom is 0.259 e. The summed E-state index contributed by atoms with van der Waals surface area (Å²) in [5.41, 5.74) is 8.33. The zero-order chi connectivity index (χ0) is 14.9. The number of aryl methyl sites for hydroxylation is 1. The van der Waals surface area contributed by atoms with Gasteiger partial charge in [-0.15, -0.1) is 0 Å². The zero-order valence-corrected chi connectivity index (χ0v) is 14.4. The lowest BCUT2D eigenvalue weighted by Crippen LogP contribution is -2.37. The number of hydrogen-bond donors (Lipinski definition) is 1. The van der Waals surface area contributed by atoms with Crippen LogP contribution in [0.3, 0.4) is 0 Å². The molecule has 1 aliphatic carbocycles. The first-order valence-electron chi connectivity index (χ1n) is 7.49. The van der Waals surface area contributed by atoms with Crippen molar-refractivity contribution in [1.29, 1.82) is 0 Å². The monoisotopic (exact) mass is 397 g/mol. The van der Waals surface area contributed by atoms with Gasteiger partial charge in [-0.3, -0.25) is 0 Å². The van der Waals surface area contributed by atoms with E-state index in [9.17, 15) is 0 Å². The summed E-state index contributed by atoms with van der Waals surface area (Å²) in [5.74, 6) is 1.24. The van der Waals surface area contributed by atoms with E-state index in [4.69, 9.17) is 10.3 Å². The number of rotatable bonds is 2. The van der Waals surface area contributed by atoms with E-state index in [1.165, 1.54) is 18.4 Å². The molecule has 0 bridgehead atoms. The largest absolute Gasteiger partial charge is 0.334 e. The third-order valence-electron chi connectivity index (χ3n) is 4.29. The van der Waals surface area contributed by atoms with E-state index >= 15 is 0 Å². The van der Waals surface area contributed by atoms with Crippen molar-refractivity contribution in [2.75, 3.05) is 0 Å². The average molecular weight is 397 g/mol. The van der Waals surface area contributed by atoms with E-state index in [1.54, 1.807) is 0 Å². The van der Waals surface area contributed by atoms with E-state index in [1.807, 2.05) is 12.1 Å². The predicted molar refractivity (Wildman–Crippen MR) is 90.8 cm³/mol. The van der Waals surface area contributed by atoms with E-state index in [0.717, 1.165) is 34.8 Å². The Morgan fingerprint density at radius 3 is 2.62 bits per heavy atom. The summed E-state index contributed by atoms with van der Waals surface area (Å²) in [4.78, 5) is 4.61. The molecule has 0 atom stereocenters. The first-order valence-corrected chi connectivity index (χ1v) is 8.57. The van der Waals surface area contributed by atoms with Gasteiger partial charge in [0.25, 0.3) is 5.89 Å². The Kier molecular flexibility index (Phi) is 4.31. The molecular formula is C16H20IN3O. The number of hydrogen-bond acceptors (Lipinski definition) is 4. The van der Waals surface area contributed by atoms with Crippen LogP contribution in [-0.4, -0.2) is 10.1 Å². The van der Waals surface area contributed by atoms with Gasteiger partial charge in [0.1, 0.15) is 0 Å². The van der Waals surface area contributed by atoms with E-state index in [2.05, 4.69) is 45.7 Å². The van der Waals surface area contributed by atoms with Crippen LogP contribution in [0.5, 0.6) is 0 Å². The van der Waals surface area contributed by atoms with Crippen LogP contribution in [0.25, 0.3) is 11.5 Å². The average Bonchev–Trinajstić information content (AvgIpc) is 2.86. The molecule has 0 saturated heterocycles. The van der Waals surface area contributed by atoms with Crippen LogP contribution in [0.2, 0.25) is 0 Å². The molecule has 1 aromatic carbocycles. The van der Waals surface area contributed by atoms with Crippen molar-refractivity contribution in [2.24, 2.45) is 5.73 Å². The molecule has 112 valence electrons. The lowest BCUT2D eigenvalue weighted by molar-refractivity contribution is 0.334. The Hall–Kier alpha value is -0.950. The van der Waals surface area contributed by atoms with E-state index < -0.39 is 5.54 Å². The topological polar surface area (TPSA) is 64.9 Å². The summed E-state index contributed by atoms with van der Waals surface area (Å²) in [5, 5.41) is 4.19. The molecule has 1 aromatic heterocycles. The molecular weight excluding hydrogens is 377 g/mol. The van der Waals surface area contributed by atoms with E-state index in [0.29, 0.717) is 11.7 Å². The minimum absolute atomic E-state index is 0.423. The quantitative estimate of drug-likeness (QED) is 0.611. The van der Waals surface area contributed by atoms with Crippen molar-refractivity contribution in [2.45, 2.75) is 51.0 Å². The molecule has 2 N–H and O–H groups in total. The lowest BCUT2D eigenvalue weighted by atomic mass is 9.91. The molecule has 0 spiro atoms. The highest BCUT2D eigenvalue weighted by molar-refractivity contribution is 14.1. The molecule has 3 rings (SSSR count). The van der Waals surface area contributed by atoms with Crippen molar-refractivity contribution in [3.05, 3.63) is 33.2 Å². The van der Waals surface area contributed by atoms with Crippen LogP contribution >= 0.6 is 22.6 Å². The van der Waals surface area contributed by atoms with Crippen molar-refractivity contribution < 1.29 is 4.52 Å². The van der Waals surface area contributed by atoms with Gasteiger partial charge >= 0.3 is 0 Å². The Bertz CT molecular complexity index is 630. The van der Waals surface area contributed by atoms with Crippen LogP contribution in [0.1, 0.15) is 49.9 Å². The minimum atomic E-state index is -0.423. The molecule has 1 saturated carbocycles. The van der Waals surface area contributed by atoms with E-state index in [-0.39, 0.29) is 0 Å². The predicted octanol–water partition coefficient (Wildman–Crippen LogP) is 4.16. The first kappa shape index (κ1) is 15.0. The molecule has 0 aliphatic heterocycles. The number of nitrogens with two attached hydrogens (primary N) is 1. The number of aromatic nitrogens is 2. The summed E-state index contributed by atoms with van der Waals surface area (Å²) in [6, 6.07) is 6.11. The summed E-state index contributed by atoms with van der Waals surface area (Å²) in [6.45, 7) is 2.08. The van der Waals surface area contributed by atoms with Crippen molar-refractivity contribution in [3.63, 3.8) is 0 Å². The molecule has 21 heavy (non-hydrogen) atoms. The van der Waals surface area contributed by atoms with Gasteiger partial charge in [-0.2, -0.15) is 4.98 Å². The summed E-state index contributed by atoms with van der Waals surface area (Å²) >= 11 is 2.32. The molecule has 4 nitrogen and oxygen atoms in total.